The molecule has 0 aromatic heterocycles. The molecule has 0 N–H and O–H groups in total. The second kappa shape index (κ2) is 10.3. The zero-order valence-corrected chi connectivity index (χ0v) is 11.1. The van der Waals surface area contributed by atoms with Crippen LogP contribution in [0.2, 0.25) is 0 Å². The second-order valence-electron chi connectivity index (χ2n) is 4.44. The largest absolute Gasteiger partial charge is 0.422 e. The number of hydrogen-bond donors (Lipinski definition) is 0. The maximum Gasteiger partial charge on any atom is 0.0925 e. The first-order valence-corrected chi connectivity index (χ1v) is 5.34. The van der Waals surface area contributed by atoms with Gasteiger partial charge in [-0.1, -0.05) is 0 Å². The molecule has 5 nitrogen and oxygen atoms in total. The number of quaternary nitrogens is 1. The van der Waals surface area contributed by atoms with Crippen LogP contribution in [0.4, 0.5) is 0 Å². The summed E-state index contributed by atoms with van der Waals surface area (Å²) >= 11 is 0. The molecule has 92 valence electrons. The van der Waals surface area contributed by atoms with Crippen LogP contribution in [0.5, 0.6) is 0 Å². The van der Waals surface area contributed by atoms with Crippen molar-refractivity contribution in [2.75, 3.05) is 47.8 Å². The highest BCUT2D eigenvalue weighted by Gasteiger charge is 2.10. The molecule has 0 aromatic rings. The van der Waals surface area contributed by atoms with Crippen LogP contribution in [0, 0.1) is 11.5 Å². The monoisotopic (exact) mass is 225 g/mol. The van der Waals surface area contributed by atoms with Gasteiger partial charge in [-0.15, -0.1) is 6.01 Å². The van der Waals surface area contributed by atoms with E-state index in [2.05, 4.69) is 45.0 Å². The summed E-state index contributed by atoms with van der Waals surface area (Å²) in [7, 11) is 8.84. The molecule has 0 aromatic carbocycles. The first kappa shape index (κ1) is 17.2. The molecule has 0 saturated carbocycles. The molecule has 0 unspecified atom stereocenters. The Morgan fingerprint density at radius 3 is 2.19 bits per heavy atom. The summed E-state index contributed by atoms with van der Waals surface area (Å²) in [6.07, 6.45) is 2.58. The molecule has 16 heavy (non-hydrogen) atoms. The van der Waals surface area contributed by atoms with Crippen LogP contribution in [0.15, 0.2) is 4.99 Å². The minimum atomic E-state index is 1.15. The van der Waals surface area contributed by atoms with Gasteiger partial charge in [-0.3, -0.25) is 0 Å². The average Bonchev–Trinajstić information content (AvgIpc) is 2.19. The fourth-order valence-electron chi connectivity index (χ4n) is 0.995. The van der Waals surface area contributed by atoms with E-state index >= 15 is 0 Å². The van der Waals surface area contributed by atoms with E-state index in [0.717, 1.165) is 4.48 Å². The number of aliphatic imine (C=N–C) groups is 1. The van der Waals surface area contributed by atoms with Gasteiger partial charge in [-0.2, -0.15) is 5.26 Å². The van der Waals surface area contributed by atoms with Crippen molar-refractivity contribution in [1.82, 2.24) is 4.90 Å². The van der Waals surface area contributed by atoms with Crippen molar-refractivity contribution in [2.24, 2.45) is 4.99 Å². The summed E-state index contributed by atoms with van der Waals surface area (Å²) in [5, 5.41) is 14.9. The molecular weight excluding hydrogens is 202 g/mol. The van der Waals surface area contributed by atoms with Crippen LogP contribution in [-0.4, -0.2) is 63.2 Å². The lowest BCUT2D eigenvalue weighted by Gasteiger charge is -2.28. The van der Waals surface area contributed by atoms with E-state index in [1.165, 1.54) is 38.3 Å². The van der Waals surface area contributed by atoms with Crippen molar-refractivity contribution in [1.29, 1.82) is 5.26 Å². The van der Waals surface area contributed by atoms with Gasteiger partial charge in [-0.05, 0) is 21.0 Å². The Bertz CT molecular complexity index is 246. The van der Waals surface area contributed by atoms with Crippen LogP contribution >= 0.6 is 0 Å². The summed E-state index contributed by atoms with van der Waals surface area (Å²) < 4.78 is 1.15. The zero-order chi connectivity index (χ0) is 13.0. The lowest BCUT2D eigenvalue weighted by atomic mass is 10.3. The third-order valence-electron chi connectivity index (χ3n) is 2.32. The van der Waals surface area contributed by atoms with Crippen molar-refractivity contribution in [3.05, 3.63) is 5.41 Å². The Hall–Kier alpha value is -1.21. The summed E-state index contributed by atoms with van der Waals surface area (Å²) in [5.74, 6) is 0. The molecule has 0 amide bonds. The van der Waals surface area contributed by atoms with Crippen LogP contribution in [0.1, 0.15) is 13.3 Å². The molecule has 0 heterocycles. The Labute approximate surface area is 99.1 Å². The van der Waals surface area contributed by atoms with Gasteiger partial charge in [0.2, 0.25) is 0 Å². The fraction of sp³-hybridized carbons (Fsp3) is 0.818. The predicted octanol–water partition coefficient (Wildman–Crippen LogP) is 1.25. The normalized spacial score (nSPS) is 9.81. The number of rotatable bonds is 5. The maximum absolute atomic E-state index is 7.43. The highest BCUT2D eigenvalue weighted by molar-refractivity contribution is 5.46. The van der Waals surface area contributed by atoms with Gasteiger partial charge in [0.15, 0.2) is 0 Å². The highest BCUT2D eigenvalue weighted by Crippen LogP contribution is 1.98. The van der Waals surface area contributed by atoms with Crippen molar-refractivity contribution in [3.8, 4) is 6.19 Å². The van der Waals surface area contributed by atoms with Gasteiger partial charge in [-0.25, -0.2) is 0 Å². The van der Waals surface area contributed by atoms with Gasteiger partial charge in [0.05, 0.1) is 33.4 Å². The SMILES string of the molecule is CC[N+](C)(C)CCCN(C)C.N#CN=C=[N-]. The third kappa shape index (κ3) is 15.3. The Morgan fingerprint density at radius 2 is 1.94 bits per heavy atom. The average molecular weight is 225 g/mol. The molecule has 0 spiro atoms. The molecule has 0 aliphatic carbocycles. The molecule has 0 bridgehead atoms. The standard InChI is InChI=1S/C9H23N2.C2N3/c1-6-11(4,5)9-7-8-10(2)3;3-1-5-2-4/h6-9H2,1-5H3;/q+1;-1. The molecule has 0 saturated heterocycles. The molecule has 0 aliphatic heterocycles. The van der Waals surface area contributed by atoms with Crippen molar-refractivity contribution >= 4 is 6.01 Å². The first-order chi connectivity index (χ1) is 7.39. The molecule has 0 radical (unpaired) electrons. The summed E-state index contributed by atoms with van der Waals surface area (Å²) in [5.41, 5.74) is 0. The minimum Gasteiger partial charge on any atom is -0.422 e. The second-order valence-corrected chi connectivity index (χ2v) is 4.44. The summed E-state index contributed by atoms with van der Waals surface area (Å²) in [4.78, 5) is 4.83. The van der Waals surface area contributed by atoms with Gasteiger partial charge >= 0.3 is 0 Å². The van der Waals surface area contributed by atoms with E-state index in [-0.39, 0.29) is 0 Å². The van der Waals surface area contributed by atoms with E-state index in [1.807, 2.05) is 0 Å². The Morgan fingerprint density at radius 1 is 1.38 bits per heavy atom. The molecule has 0 atom stereocenters. The maximum atomic E-state index is 7.43. The van der Waals surface area contributed by atoms with Crippen LogP contribution < -0.4 is 0 Å². The fourth-order valence-corrected chi connectivity index (χ4v) is 0.995. The van der Waals surface area contributed by atoms with E-state index in [9.17, 15) is 0 Å². The molecular formula is C11H23N5. The van der Waals surface area contributed by atoms with Crippen LogP contribution in [-0.2, 0) is 0 Å². The van der Waals surface area contributed by atoms with E-state index in [4.69, 9.17) is 10.7 Å². The van der Waals surface area contributed by atoms with E-state index in [0.29, 0.717) is 0 Å². The van der Waals surface area contributed by atoms with E-state index in [1.54, 1.807) is 0 Å². The van der Waals surface area contributed by atoms with Crippen LogP contribution in [0.3, 0.4) is 0 Å². The smallest absolute Gasteiger partial charge is 0.0925 e. The number of nitrogens with zero attached hydrogens (tertiary/aromatic N) is 5. The molecule has 5 heteroatoms. The van der Waals surface area contributed by atoms with Crippen molar-refractivity contribution < 1.29 is 4.48 Å². The number of hydrogen-bond acceptors (Lipinski definition) is 3. The van der Waals surface area contributed by atoms with E-state index < -0.39 is 0 Å². The van der Waals surface area contributed by atoms with Gasteiger partial charge in [0, 0.05) is 13.0 Å². The van der Waals surface area contributed by atoms with Crippen molar-refractivity contribution in [3.63, 3.8) is 0 Å². The lowest BCUT2D eigenvalue weighted by Crippen LogP contribution is -2.40. The molecule has 0 rings (SSSR count). The highest BCUT2D eigenvalue weighted by atomic mass is 15.3. The third-order valence-corrected chi connectivity index (χ3v) is 2.32. The Kier molecular flexibility index (Phi) is 11.1. The van der Waals surface area contributed by atoms with Gasteiger partial charge < -0.3 is 19.8 Å². The zero-order valence-electron chi connectivity index (χ0n) is 11.1. The minimum absolute atomic E-state index is 1.15. The Balaban J connectivity index is 0. The van der Waals surface area contributed by atoms with Gasteiger partial charge in [0.25, 0.3) is 0 Å². The topological polar surface area (TPSA) is 61.7 Å². The summed E-state index contributed by atoms with van der Waals surface area (Å²) in [6, 6.07) is 1.28. The lowest BCUT2D eigenvalue weighted by molar-refractivity contribution is -0.888. The number of nitriles is 1. The van der Waals surface area contributed by atoms with Crippen LogP contribution in [0.25, 0.3) is 5.41 Å². The van der Waals surface area contributed by atoms with Crippen molar-refractivity contribution in [2.45, 2.75) is 13.3 Å². The quantitative estimate of drug-likeness (QED) is 0.401. The molecule has 0 fully saturated rings. The molecule has 0 aliphatic rings. The predicted molar refractivity (Wildman–Crippen MR) is 67.1 cm³/mol. The first-order valence-electron chi connectivity index (χ1n) is 5.34. The van der Waals surface area contributed by atoms with Gasteiger partial charge in [0.1, 0.15) is 0 Å². The summed E-state index contributed by atoms with van der Waals surface area (Å²) in [6.45, 7) is 5.97.